The van der Waals surface area contributed by atoms with Crippen LogP contribution in [0.3, 0.4) is 0 Å². The molecule has 1 amide bonds. The summed E-state index contributed by atoms with van der Waals surface area (Å²) >= 11 is 1.29. The van der Waals surface area contributed by atoms with E-state index in [1.807, 2.05) is 50.2 Å². The number of thioether (sulfide) groups is 1. The monoisotopic (exact) mass is 455 g/mol. The summed E-state index contributed by atoms with van der Waals surface area (Å²) in [7, 11) is 1.60. The Morgan fingerprint density at radius 2 is 2.00 bits per heavy atom. The number of amides is 1. The van der Waals surface area contributed by atoms with Gasteiger partial charge < -0.3 is 19.1 Å². The molecular weight excluding hydrogens is 430 g/mol. The molecule has 10 heteroatoms. The number of carbonyl (C=O) groups excluding carboxylic acids is 1. The average Bonchev–Trinajstić information content (AvgIpc) is 3.29. The van der Waals surface area contributed by atoms with Crippen LogP contribution < -0.4 is 14.2 Å². The molecule has 32 heavy (non-hydrogen) atoms. The second-order valence-corrected chi connectivity index (χ2v) is 8.17. The molecule has 1 aliphatic rings. The first-order chi connectivity index (χ1) is 15.6. The lowest BCUT2D eigenvalue weighted by atomic mass is 10.2. The summed E-state index contributed by atoms with van der Waals surface area (Å²) in [6, 6.07) is 11.6. The van der Waals surface area contributed by atoms with Gasteiger partial charge in [-0.3, -0.25) is 4.79 Å². The summed E-state index contributed by atoms with van der Waals surface area (Å²) in [5.74, 6) is 2.33. The Labute approximate surface area is 190 Å². The van der Waals surface area contributed by atoms with Crippen molar-refractivity contribution in [1.29, 1.82) is 0 Å². The molecular formula is C22H25N5O4S. The predicted molar refractivity (Wildman–Crippen MR) is 120 cm³/mol. The average molecular weight is 456 g/mol. The Bertz CT molecular complexity index is 1100. The van der Waals surface area contributed by atoms with Crippen LogP contribution >= 0.6 is 11.8 Å². The Morgan fingerprint density at radius 1 is 1.19 bits per heavy atom. The minimum atomic E-state index is -0.00172. The van der Waals surface area contributed by atoms with Crippen molar-refractivity contribution in [1.82, 2.24) is 25.1 Å². The van der Waals surface area contributed by atoms with E-state index in [1.165, 1.54) is 11.8 Å². The smallest absolute Gasteiger partial charge is 0.233 e. The number of hydrogen-bond donors (Lipinski definition) is 0. The van der Waals surface area contributed by atoms with Gasteiger partial charge >= 0.3 is 0 Å². The third-order valence-electron chi connectivity index (χ3n) is 5.04. The molecule has 1 aromatic heterocycles. The third kappa shape index (κ3) is 4.80. The summed E-state index contributed by atoms with van der Waals surface area (Å²) in [4.78, 5) is 14.7. The maximum absolute atomic E-state index is 12.9. The lowest BCUT2D eigenvalue weighted by molar-refractivity contribution is -0.128. The summed E-state index contributed by atoms with van der Waals surface area (Å²) in [5, 5.41) is 12.5. The van der Waals surface area contributed by atoms with Crippen molar-refractivity contribution in [3.63, 3.8) is 0 Å². The molecule has 0 unspecified atom stereocenters. The number of hydrogen-bond acceptors (Lipinski definition) is 8. The van der Waals surface area contributed by atoms with Gasteiger partial charge in [0.05, 0.1) is 12.9 Å². The maximum Gasteiger partial charge on any atom is 0.233 e. The van der Waals surface area contributed by atoms with Crippen molar-refractivity contribution in [2.45, 2.75) is 25.5 Å². The van der Waals surface area contributed by atoms with Crippen LogP contribution in [-0.2, 0) is 11.3 Å². The fourth-order valence-corrected chi connectivity index (χ4v) is 4.17. The highest BCUT2D eigenvalue weighted by atomic mass is 32.2. The quantitative estimate of drug-likeness (QED) is 0.479. The number of carbonyl (C=O) groups is 1. The molecule has 0 saturated carbocycles. The number of nitrogens with zero attached hydrogens (tertiary/aromatic N) is 5. The molecule has 0 fully saturated rings. The van der Waals surface area contributed by atoms with Gasteiger partial charge in [-0.15, -0.1) is 5.10 Å². The number of aryl methyl sites for hydroxylation is 1. The number of tetrazole rings is 1. The topological polar surface area (TPSA) is 91.6 Å². The molecule has 3 aromatic rings. The number of benzene rings is 2. The molecule has 0 bridgehead atoms. The zero-order valence-corrected chi connectivity index (χ0v) is 19.1. The molecule has 0 aliphatic carbocycles. The zero-order chi connectivity index (χ0) is 22.5. The van der Waals surface area contributed by atoms with Gasteiger partial charge in [0.25, 0.3) is 0 Å². The Kier molecular flexibility index (Phi) is 6.79. The predicted octanol–water partition coefficient (Wildman–Crippen LogP) is 2.89. The Morgan fingerprint density at radius 3 is 2.78 bits per heavy atom. The van der Waals surface area contributed by atoms with Crippen molar-refractivity contribution >= 4 is 17.7 Å². The number of fused-ring (bicyclic) bond motifs is 1. The summed E-state index contributed by atoms with van der Waals surface area (Å²) in [5.41, 5.74) is 2.78. The SMILES string of the molecule is CCN(Cc1ccc2c(c1)OCCO2)C(=O)CSc1nnnn1-c1cc(C)ccc1OC. The lowest BCUT2D eigenvalue weighted by Crippen LogP contribution is -2.31. The highest BCUT2D eigenvalue weighted by Gasteiger charge is 2.19. The number of methoxy groups -OCH3 is 1. The Hall–Kier alpha value is -3.27. The zero-order valence-electron chi connectivity index (χ0n) is 18.3. The molecule has 2 aromatic carbocycles. The number of aromatic nitrogens is 4. The minimum Gasteiger partial charge on any atom is -0.494 e. The summed E-state index contributed by atoms with van der Waals surface area (Å²) in [6.07, 6.45) is 0. The number of rotatable bonds is 8. The van der Waals surface area contributed by atoms with Crippen molar-refractivity contribution in [2.75, 3.05) is 32.6 Å². The highest BCUT2D eigenvalue weighted by Crippen LogP contribution is 2.31. The molecule has 0 spiro atoms. The van der Waals surface area contributed by atoms with E-state index in [9.17, 15) is 4.79 Å². The van der Waals surface area contributed by atoms with E-state index in [-0.39, 0.29) is 11.7 Å². The molecule has 4 rings (SSSR count). The lowest BCUT2D eigenvalue weighted by Gasteiger charge is -2.23. The van der Waals surface area contributed by atoms with E-state index in [4.69, 9.17) is 14.2 Å². The van der Waals surface area contributed by atoms with Crippen LogP contribution in [-0.4, -0.2) is 63.6 Å². The van der Waals surface area contributed by atoms with E-state index in [0.29, 0.717) is 37.2 Å². The normalized spacial score (nSPS) is 12.5. The molecule has 0 N–H and O–H groups in total. The van der Waals surface area contributed by atoms with Gasteiger partial charge in [-0.1, -0.05) is 23.9 Å². The van der Waals surface area contributed by atoms with Gasteiger partial charge in [0.2, 0.25) is 11.1 Å². The van der Waals surface area contributed by atoms with Crippen molar-refractivity contribution in [2.24, 2.45) is 0 Å². The molecule has 0 saturated heterocycles. The fraction of sp³-hybridized carbons (Fsp3) is 0.364. The van der Waals surface area contributed by atoms with E-state index in [0.717, 1.165) is 28.3 Å². The van der Waals surface area contributed by atoms with E-state index < -0.39 is 0 Å². The largest absolute Gasteiger partial charge is 0.494 e. The van der Waals surface area contributed by atoms with Crippen molar-refractivity contribution < 1.29 is 19.0 Å². The fourth-order valence-electron chi connectivity index (χ4n) is 3.39. The van der Waals surface area contributed by atoms with Crippen molar-refractivity contribution in [3.8, 4) is 22.9 Å². The molecule has 9 nitrogen and oxygen atoms in total. The molecule has 0 radical (unpaired) electrons. The maximum atomic E-state index is 12.9. The van der Waals surface area contributed by atoms with E-state index in [2.05, 4.69) is 15.5 Å². The number of ether oxygens (including phenoxy) is 3. The van der Waals surface area contributed by atoms with Gasteiger partial charge in [0.1, 0.15) is 24.7 Å². The van der Waals surface area contributed by atoms with Crippen LogP contribution in [0.4, 0.5) is 0 Å². The Balaban J connectivity index is 1.44. The molecule has 168 valence electrons. The van der Waals surface area contributed by atoms with Gasteiger partial charge in [-0.2, -0.15) is 4.68 Å². The first-order valence-electron chi connectivity index (χ1n) is 10.3. The van der Waals surface area contributed by atoms with Gasteiger partial charge in [-0.25, -0.2) is 0 Å². The van der Waals surface area contributed by atoms with Crippen LogP contribution in [0.2, 0.25) is 0 Å². The van der Waals surface area contributed by atoms with Crippen LogP contribution in [0.1, 0.15) is 18.1 Å². The van der Waals surface area contributed by atoms with Crippen LogP contribution in [0.5, 0.6) is 17.2 Å². The third-order valence-corrected chi connectivity index (χ3v) is 5.95. The summed E-state index contributed by atoms with van der Waals surface area (Å²) in [6.45, 7) is 6.11. The van der Waals surface area contributed by atoms with Crippen LogP contribution in [0.25, 0.3) is 5.69 Å². The van der Waals surface area contributed by atoms with Gasteiger partial charge in [0.15, 0.2) is 11.5 Å². The standard InChI is InChI=1S/C22H25N5O4S/c1-4-26(13-16-6-8-19-20(12-16)31-10-9-30-19)21(28)14-32-22-23-24-25-27(22)17-11-15(2)5-7-18(17)29-3/h5-8,11-12H,4,9-10,13-14H2,1-3H3. The van der Waals surface area contributed by atoms with E-state index >= 15 is 0 Å². The second kappa shape index (κ2) is 9.90. The minimum absolute atomic E-state index is 0.00172. The van der Waals surface area contributed by atoms with Crippen LogP contribution in [0.15, 0.2) is 41.6 Å². The molecule has 1 aliphatic heterocycles. The van der Waals surface area contributed by atoms with Crippen molar-refractivity contribution in [3.05, 3.63) is 47.5 Å². The van der Waals surface area contributed by atoms with Gasteiger partial charge in [0, 0.05) is 13.1 Å². The van der Waals surface area contributed by atoms with Crippen LogP contribution in [0, 0.1) is 6.92 Å². The first-order valence-corrected chi connectivity index (χ1v) is 11.3. The second-order valence-electron chi connectivity index (χ2n) is 7.22. The molecule has 0 atom stereocenters. The molecule has 2 heterocycles. The highest BCUT2D eigenvalue weighted by molar-refractivity contribution is 7.99. The summed E-state index contributed by atoms with van der Waals surface area (Å²) < 4.78 is 18.3. The van der Waals surface area contributed by atoms with E-state index in [1.54, 1.807) is 16.7 Å². The first kappa shape index (κ1) is 21.9. The van der Waals surface area contributed by atoms with Gasteiger partial charge in [-0.05, 0) is 59.7 Å².